The molecule has 1 atom stereocenters. The largest absolute Gasteiger partial charge is 0.355 e. The molecular formula is C33H33Cl2N3O4S. The Balaban J connectivity index is 1.82. The Morgan fingerprint density at radius 2 is 1.49 bits per heavy atom. The van der Waals surface area contributed by atoms with Crippen molar-refractivity contribution >= 4 is 50.7 Å². The van der Waals surface area contributed by atoms with Crippen molar-refractivity contribution < 1.29 is 18.0 Å². The maximum Gasteiger partial charge on any atom is 0.264 e. The third-order valence-corrected chi connectivity index (χ3v) is 9.32. The van der Waals surface area contributed by atoms with E-state index in [9.17, 15) is 18.0 Å². The number of carbonyl (C=O) groups is 2. The summed E-state index contributed by atoms with van der Waals surface area (Å²) >= 11 is 12.6. The third-order valence-electron chi connectivity index (χ3n) is 7.01. The van der Waals surface area contributed by atoms with Gasteiger partial charge in [-0.05, 0) is 60.9 Å². The molecule has 224 valence electrons. The SMILES string of the molecule is CCNC(=O)[C@@H](Cc1ccccc1)N(Cc1ccccc1C)C(=O)CN(c1ccc(Cl)cc1Cl)S(=O)(=O)c1ccccc1. The normalized spacial score (nSPS) is 11.9. The first-order valence-electron chi connectivity index (χ1n) is 13.8. The lowest BCUT2D eigenvalue weighted by molar-refractivity contribution is -0.140. The molecule has 0 unspecified atom stereocenters. The molecule has 4 rings (SSSR count). The molecule has 43 heavy (non-hydrogen) atoms. The number of rotatable bonds is 12. The van der Waals surface area contributed by atoms with Crippen molar-refractivity contribution in [1.82, 2.24) is 10.2 Å². The average molecular weight is 639 g/mol. The zero-order chi connectivity index (χ0) is 31.0. The number of hydrogen-bond donors (Lipinski definition) is 1. The molecule has 0 aliphatic rings. The van der Waals surface area contributed by atoms with Gasteiger partial charge < -0.3 is 10.2 Å². The van der Waals surface area contributed by atoms with Gasteiger partial charge in [-0.3, -0.25) is 13.9 Å². The smallest absolute Gasteiger partial charge is 0.264 e. The highest BCUT2D eigenvalue weighted by atomic mass is 35.5. The summed E-state index contributed by atoms with van der Waals surface area (Å²) in [6, 6.07) is 28.3. The lowest BCUT2D eigenvalue weighted by Gasteiger charge is -2.34. The van der Waals surface area contributed by atoms with E-state index in [1.54, 1.807) is 18.2 Å². The van der Waals surface area contributed by atoms with Crippen molar-refractivity contribution in [1.29, 1.82) is 0 Å². The molecule has 2 amide bonds. The van der Waals surface area contributed by atoms with Crippen molar-refractivity contribution in [2.75, 3.05) is 17.4 Å². The van der Waals surface area contributed by atoms with Gasteiger partial charge in [0.05, 0.1) is 15.6 Å². The Labute approximate surface area is 263 Å². The molecule has 10 heteroatoms. The summed E-state index contributed by atoms with van der Waals surface area (Å²) in [5, 5.41) is 3.24. The van der Waals surface area contributed by atoms with Gasteiger partial charge in [0.25, 0.3) is 10.0 Å². The molecule has 4 aromatic carbocycles. The molecule has 0 aromatic heterocycles. The number of halogens is 2. The van der Waals surface area contributed by atoms with E-state index in [1.807, 2.05) is 68.4 Å². The van der Waals surface area contributed by atoms with E-state index in [1.165, 1.54) is 35.2 Å². The second-order valence-electron chi connectivity index (χ2n) is 9.97. The van der Waals surface area contributed by atoms with Crippen LogP contribution in [0.25, 0.3) is 0 Å². The molecular weight excluding hydrogens is 605 g/mol. The van der Waals surface area contributed by atoms with Gasteiger partial charge in [0, 0.05) is 24.5 Å². The van der Waals surface area contributed by atoms with E-state index in [-0.39, 0.29) is 34.5 Å². The summed E-state index contributed by atoms with van der Waals surface area (Å²) in [7, 11) is -4.26. The van der Waals surface area contributed by atoms with Crippen LogP contribution in [0.2, 0.25) is 10.0 Å². The molecule has 7 nitrogen and oxygen atoms in total. The van der Waals surface area contributed by atoms with E-state index in [0.29, 0.717) is 11.6 Å². The zero-order valence-corrected chi connectivity index (χ0v) is 26.2. The highest BCUT2D eigenvalue weighted by Crippen LogP contribution is 2.33. The zero-order valence-electron chi connectivity index (χ0n) is 23.9. The molecule has 0 saturated carbocycles. The molecule has 0 spiro atoms. The second-order valence-corrected chi connectivity index (χ2v) is 12.7. The van der Waals surface area contributed by atoms with Crippen molar-refractivity contribution in [3.8, 4) is 0 Å². The summed E-state index contributed by atoms with van der Waals surface area (Å²) in [4.78, 5) is 29.4. The molecule has 0 saturated heterocycles. The average Bonchev–Trinajstić information content (AvgIpc) is 3.00. The van der Waals surface area contributed by atoms with Crippen LogP contribution < -0.4 is 9.62 Å². The van der Waals surface area contributed by atoms with Crippen LogP contribution in [0.5, 0.6) is 0 Å². The van der Waals surface area contributed by atoms with Crippen LogP contribution in [0.4, 0.5) is 5.69 Å². The maximum atomic E-state index is 14.4. The summed E-state index contributed by atoms with van der Waals surface area (Å²) in [5.74, 6) is -0.906. The van der Waals surface area contributed by atoms with Crippen molar-refractivity contribution in [3.05, 3.63) is 130 Å². The van der Waals surface area contributed by atoms with Crippen LogP contribution in [-0.4, -0.2) is 44.3 Å². The topological polar surface area (TPSA) is 86.8 Å². The van der Waals surface area contributed by atoms with Gasteiger partial charge >= 0.3 is 0 Å². The van der Waals surface area contributed by atoms with E-state index < -0.39 is 28.5 Å². The molecule has 0 radical (unpaired) electrons. The van der Waals surface area contributed by atoms with E-state index in [0.717, 1.165) is 21.0 Å². The highest BCUT2D eigenvalue weighted by Gasteiger charge is 2.35. The first-order chi connectivity index (χ1) is 20.6. The monoisotopic (exact) mass is 637 g/mol. The van der Waals surface area contributed by atoms with Gasteiger partial charge in [-0.15, -0.1) is 0 Å². The van der Waals surface area contributed by atoms with Crippen LogP contribution in [0.1, 0.15) is 23.6 Å². The van der Waals surface area contributed by atoms with E-state index in [4.69, 9.17) is 23.2 Å². The number of aryl methyl sites for hydroxylation is 1. The molecule has 0 aliphatic heterocycles. The number of benzene rings is 4. The van der Waals surface area contributed by atoms with Crippen LogP contribution in [-0.2, 0) is 32.6 Å². The Morgan fingerprint density at radius 1 is 0.860 bits per heavy atom. The van der Waals surface area contributed by atoms with Gasteiger partial charge in [0.2, 0.25) is 11.8 Å². The van der Waals surface area contributed by atoms with E-state index >= 15 is 0 Å². The summed E-state index contributed by atoms with van der Waals surface area (Å²) in [5.41, 5.74) is 2.72. The molecule has 0 aliphatic carbocycles. The number of nitrogens with one attached hydrogen (secondary N) is 1. The van der Waals surface area contributed by atoms with Crippen LogP contribution in [0.15, 0.2) is 108 Å². The van der Waals surface area contributed by atoms with Crippen molar-refractivity contribution in [2.45, 2.75) is 37.8 Å². The van der Waals surface area contributed by atoms with Gasteiger partial charge in [-0.2, -0.15) is 0 Å². The minimum Gasteiger partial charge on any atom is -0.355 e. The van der Waals surface area contributed by atoms with Crippen LogP contribution in [0.3, 0.4) is 0 Å². The first kappa shape index (κ1) is 32.1. The quantitative estimate of drug-likeness (QED) is 0.198. The number of likely N-dealkylation sites (N-methyl/N-ethyl adjacent to an activating group) is 1. The van der Waals surface area contributed by atoms with Gasteiger partial charge in [0.1, 0.15) is 12.6 Å². The summed E-state index contributed by atoms with van der Waals surface area (Å²) in [6.45, 7) is 3.59. The first-order valence-corrected chi connectivity index (χ1v) is 16.0. The van der Waals surface area contributed by atoms with Gasteiger partial charge in [0.15, 0.2) is 0 Å². The predicted molar refractivity (Wildman–Crippen MR) is 172 cm³/mol. The number of hydrogen-bond acceptors (Lipinski definition) is 4. The van der Waals surface area contributed by atoms with Crippen LogP contribution >= 0.6 is 23.2 Å². The minimum atomic E-state index is -4.26. The number of amides is 2. The number of nitrogens with zero attached hydrogens (tertiary/aromatic N) is 2. The predicted octanol–water partition coefficient (Wildman–Crippen LogP) is 6.27. The van der Waals surface area contributed by atoms with Crippen molar-refractivity contribution in [3.63, 3.8) is 0 Å². The third kappa shape index (κ3) is 7.96. The molecule has 4 aromatic rings. The minimum absolute atomic E-state index is 0.0103. The highest BCUT2D eigenvalue weighted by molar-refractivity contribution is 7.92. The Morgan fingerprint density at radius 3 is 2.12 bits per heavy atom. The fourth-order valence-electron chi connectivity index (χ4n) is 4.73. The fraction of sp³-hybridized carbons (Fsp3) is 0.212. The summed E-state index contributed by atoms with van der Waals surface area (Å²) in [6.07, 6.45) is 0.234. The molecule has 1 N–H and O–H groups in total. The van der Waals surface area contributed by atoms with Gasteiger partial charge in [-0.25, -0.2) is 8.42 Å². The van der Waals surface area contributed by atoms with E-state index in [2.05, 4.69) is 5.32 Å². The number of sulfonamides is 1. The Kier molecular flexibility index (Phi) is 10.9. The second kappa shape index (κ2) is 14.6. The molecule has 0 heterocycles. The van der Waals surface area contributed by atoms with Crippen LogP contribution in [0, 0.1) is 6.92 Å². The van der Waals surface area contributed by atoms with Gasteiger partial charge in [-0.1, -0.05) is 96.0 Å². The number of anilines is 1. The van der Waals surface area contributed by atoms with Crippen molar-refractivity contribution in [2.24, 2.45) is 0 Å². The Bertz CT molecular complexity index is 1670. The Hall–Kier alpha value is -3.85. The lowest BCUT2D eigenvalue weighted by atomic mass is 10.0. The summed E-state index contributed by atoms with van der Waals surface area (Å²) < 4.78 is 29.0. The molecule has 0 bridgehead atoms. The number of carbonyl (C=O) groups excluding carboxylic acids is 2. The molecule has 0 fully saturated rings. The fourth-order valence-corrected chi connectivity index (χ4v) is 6.75. The standard InChI is InChI=1S/C33H33Cl2N3O4S/c1-3-36-33(40)31(20-25-13-6-4-7-14-25)37(22-26-15-11-10-12-24(26)2)32(39)23-38(30-19-18-27(34)21-29(30)35)43(41,42)28-16-8-5-9-17-28/h4-19,21,31H,3,20,22-23H2,1-2H3,(H,36,40)/t31-/m1/s1. The maximum absolute atomic E-state index is 14.4. The lowest BCUT2D eigenvalue weighted by Crippen LogP contribution is -2.53.